The molecule has 0 aromatic heterocycles. The zero-order chi connectivity index (χ0) is 14.1. The second-order valence-electron chi connectivity index (χ2n) is 4.07. The summed E-state index contributed by atoms with van der Waals surface area (Å²) in [6, 6.07) is 9.28. The van der Waals surface area contributed by atoms with E-state index in [1.54, 1.807) is 23.7 Å². The number of hydrogen-bond donors (Lipinski definition) is 0. The molecule has 0 N–H and O–H groups in total. The summed E-state index contributed by atoms with van der Waals surface area (Å²) in [6.07, 6.45) is 1.96. The van der Waals surface area contributed by atoms with Gasteiger partial charge in [-0.25, -0.2) is 9.69 Å². The number of rotatable bonds is 6. The Morgan fingerprint density at radius 1 is 1.37 bits per heavy atom. The first kappa shape index (κ1) is 15.4. The lowest BCUT2D eigenvalue weighted by Crippen LogP contribution is -2.39. The molecule has 0 heterocycles. The normalized spacial score (nSPS) is 9.74. The van der Waals surface area contributed by atoms with E-state index in [-0.39, 0.29) is 6.03 Å². The Hall–Kier alpha value is -1.67. The van der Waals surface area contributed by atoms with E-state index in [1.807, 2.05) is 36.5 Å². The van der Waals surface area contributed by atoms with E-state index >= 15 is 0 Å². The first-order valence-corrected chi connectivity index (χ1v) is 7.38. The van der Waals surface area contributed by atoms with Crippen LogP contribution in [0.15, 0.2) is 30.3 Å². The molecule has 5 heteroatoms. The maximum absolute atomic E-state index is 12.1. The third-order valence-electron chi connectivity index (χ3n) is 2.64. The lowest BCUT2D eigenvalue weighted by Gasteiger charge is -2.22. The fourth-order valence-corrected chi connectivity index (χ4v) is 2.25. The topological polar surface area (TPSA) is 47.3 Å². The lowest BCUT2D eigenvalue weighted by atomic mass is 10.2. The SMILES string of the molecule is CCSCCN(C)C(=O)N(C#N)Cc1ccccc1. The molecule has 2 amide bonds. The molecule has 0 fully saturated rings. The van der Waals surface area contributed by atoms with Crippen LogP contribution in [0.5, 0.6) is 0 Å². The number of urea groups is 1. The van der Waals surface area contributed by atoms with Gasteiger partial charge >= 0.3 is 6.03 Å². The number of thioether (sulfide) groups is 1. The Morgan fingerprint density at radius 3 is 2.63 bits per heavy atom. The van der Waals surface area contributed by atoms with Crippen LogP contribution >= 0.6 is 11.8 Å². The van der Waals surface area contributed by atoms with Gasteiger partial charge in [0.05, 0.1) is 6.54 Å². The number of nitriles is 1. The molecule has 0 atom stereocenters. The van der Waals surface area contributed by atoms with Crippen molar-refractivity contribution in [3.05, 3.63) is 35.9 Å². The van der Waals surface area contributed by atoms with Crippen LogP contribution in [-0.4, -0.2) is 40.9 Å². The molecule has 0 radical (unpaired) electrons. The monoisotopic (exact) mass is 277 g/mol. The molecule has 1 aromatic carbocycles. The Morgan fingerprint density at radius 2 is 2.05 bits per heavy atom. The number of benzene rings is 1. The smallest absolute Gasteiger partial charge is 0.326 e. The second kappa shape index (κ2) is 8.44. The minimum atomic E-state index is -0.247. The van der Waals surface area contributed by atoms with E-state index < -0.39 is 0 Å². The van der Waals surface area contributed by atoms with Crippen LogP contribution in [0.1, 0.15) is 12.5 Å². The van der Waals surface area contributed by atoms with E-state index in [4.69, 9.17) is 5.26 Å². The fraction of sp³-hybridized carbons (Fsp3) is 0.429. The molecule has 1 aromatic rings. The van der Waals surface area contributed by atoms with Crippen molar-refractivity contribution in [1.29, 1.82) is 5.26 Å². The van der Waals surface area contributed by atoms with Crippen molar-refractivity contribution in [3.8, 4) is 6.19 Å². The molecule has 0 aliphatic rings. The van der Waals surface area contributed by atoms with Crippen LogP contribution in [-0.2, 0) is 6.54 Å². The molecule has 0 saturated carbocycles. The van der Waals surface area contributed by atoms with Crippen LogP contribution in [0, 0.1) is 11.5 Å². The summed E-state index contributed by atoms with van der Waals surface area (Å²) in [4.78, 5) is 14.9. The average Bonchev–Trinajstić information content (AvgIpc) is 2.45. The summed E-state index contributed by atoms with van der Waals surface area (Å²) in [5.74, 6) is 1.93. The highest BCUT2D eigenvalue weighted by Crippen LogP contribution is 2.07. The molecule has 0 bridgehead atoms. The maximum atomic E-state index is 12.1. The molecule has 0 spiro atoms. The number of carbonyl (C=O) groups excluding carboxylic acids is 1. The maximum Gasteiger partial charge on any atom is 0.333 e. The van der Waals surface area contributed by atoms with Gasteiger partial charge in [-0.05, 0) is 11.3 Å². The summed E-state index contributed by atoms with van der Waals surface area (Å²) >= 11 is 1.78. The van der Waals surface area contributed by atoms with E-state index in [0.717, 1.165) is 17.1 Å². The largest absolute Gasteiger partial charge is 0.333 e. The van der Waals surface area contributed by atoms with Crippen molar-refractivity contribution in [3.63, 3.8) is 0 Å². The van der Waals surface area contributed by atoms with Crippen LogP contribution in [0.2, 0.25) is 0 Å². The molecule has 0 saturated heterocycles. The standard InChI is InChI=1S/C14H19N3OS/c1-3-19-10-9-16(2)14(18)17(12-15)11-13-7-5-4-6-8-13/h4-8H,3,9-11H2,1-2H3. The van der Waals surface area contributed by atoms with Crippen LogP contribution < -0.4 is 0 Å². The van der Waals surface area contributed by atoms with E-state index in [0.29, 0.717) is 13.1 Å². The summed E-state index contributed by atoms with van der Waals surface area (Å²) in [7, 11) is 1.73. The predicted octanol–water partition coefficient (Wildman–Crippen LogP) is 2.77. The van der Waals surface area contributed by atoms with Gasteiger partial charge in [-0.1, -0.05) is 37.3 Å². The zero-order valence-electron chi connectivity index (χ0n) is 11.4. The Kier molecular flexibility index (Phi) is 6.83. The van der Waals surface area contributed by atoms with Gasteiger partial charge < -0.3 is 4.90 Å². The van der Waals surface area contributed by atoms with Gasteiger partial charge in [-0.3, -0.25) is 0 Å². The van der Waals surface area contributed by atoms with Crippen molar-refractivity contribution in [2.24, 2.45) is 0 Å². The lowest BCUT2D eigenvalue weighted by molar-refractivity contribution is 0.183. The van der Waals surface area contributed by atoms with E-state index in [1.165, 1.54) is 4.90 Å². The van der Waals surface area contributed by atoms with Crippen LogP contribution in [0.3, 0.4) is 0 Å². The molecule has 4 nitrogen and oxygen atoms in total. The molecule has 0 unspecified atom stereocenters. The second-order valence-corrected chi connectivity index (χ2v) is 5.47. The molecule has 102 valence electrons. The quantitative estimate of drug-likeness (QED) is 0.456. The number of amides is 2. The van der Waals surface area contributed by atoms with E-state index in [9.17, 15) is 4.79 Å². The van der Waals surface area contributed by atoms with Gasteiger partial charge in [0.25, 0.3) is 0 Å². The number of hydrogen-bond acceptors (Lipinski definition) is 3. The first-order chi connectivity index (χ1) is 9.19. The van der Waals surface area contributed by atoms with Crippen LogP contribution in [0.25, 0.3) is 0 Å². The third-order valence-corrected chi connectivity index (χ3v) is 3.52. The van der Waals surface area contributed by atoms with Gasteiger partial charge in [-0.15, -0.1) is 0 Å². The van der Waals surface area contributed by atoms with Gasteiger partial charge in [0.1, 0.15) is 0 Å². The van der Waals surface area contributed by atoms with E-state index in [2.05, 4.69) is 6.92 Å². The van der Waals surface area contributed by atoms with Gasteiger partial charge in [-0.2, -0.15) is 17.0 Å². The summed E-state index contributed by atoms with van der Waals surface area (Å²) < 4.78 is 0. The predicted molar refractivity (Wildman–Crippen MR) is 78.6 cm³/mol. The van der Waals surface area contributed by atoms with Gasteiger partial charge in [0.2, 0.25) is 0 Å². The molecule has 19 heavy (non-hydrogen) atoms. The fourth-order valence-electron chi connectivity index (χ4n) is 1.56. The first-order valence-electron chi connectivity index (χ1n) is 6.23. The third kappa shape index (κ3) is 5.23. The highest BCUT2D eigenvalue weighted by atomic mass is 32.2. The van der Waals surface area contributed by atoms with Crippen molar-refractivity contribution in [2.45, 2.75) is 13.5 Å². The number of nitrogens with zero attached hydrogens (tertiary/aromatic N) is 3. The van der Waals surface area contributed by atoms with Crippen LogP contribution in [0.4, 0.5) is 4.79 Å². The molecular weight excluding hydrogens is 258 g/mol. The Balaban J connectivity index is 2.55. The molecule has 0 aliphatic carbocycles. The minimum Gasteiger partial charge on any atom is -0.326 e. The number of carbonyl (C=O) groups is 1. The summed E-state index contributed by atoms with van der Waals surface area (Å²) in [5.41, 5.74) is 0.953. The Labute approximate surface area is 119 Å². The van der Waals surface area contributed by atoms with Gasteiger partial charge in [0.15, 0.2) is 6.19 Å². The highest BCUT2D eigenvalue weighted by molar-refractivity contribution is 7.99. The average molecular weight is 277 g/mol. The zero-order valence-corrected chi connectivity index (χ0v) is 12.2. The summed E-state index contributed by atoms with van der Waals surface area (Å²) in [6.45, 7) is 3.06. The Bertz CT molecular complexity index is 430. The van der Waals surface area contributed by atoms with Crippen molar-refractivity contribution in [1.82, 2.24) is 9.80 Å². The molecule has 1 rings (SSSR count). The van der Waals surface area contributed by atoms with Gasteiger partial charge in [0, 0.05) is 19.3 Å². The molecule has 0 aliphatic heterocycles. The minimum absolute atomic E-state index is 0.247. The molecular formula is C14H19N3OS. The highest BCUT2D eigenvalue weighted by Gasteiger charge is 2.17. The van der Waals surface area contributed by atoms with Crippen molar-refractivity contribution >= 4 is 17.8 Å². The summed E-state index contributed by atoms with van der Waals surface area (Å²) in [5, 5.41) is 9.10. The van der Waals surface area contributed by atoms with Crippen molar-refractivity contribution in [2.75, 3.05) is 25.1 Å². The van der Waals surface area contributed by atoms with Crippen molar-refractivity contribution < 1.29 is 4.79 Å².